The second-order valence-electron chi connectivity index (χ2n) is 6.84. The van der Waals surface area contributed by atoms with Crippen molar-refractivity contribution < 1.29 is 0 Å². The van der Waals surface area contributed by atoms with Gasteiger partial charge in [-0.3, -0.25) is 4.90 Å². The molecule has 0 amide bonds. The van der Waals surface area contributed by atoms with Gasteiger partial charge in [-0.1, -0.05) is 31.5 Å². The summed E-state index contributed by atoms with van der Waals surface area (Å²) in [5.41, 5.74) is 3.91. The monoisotopic (exact) mass is 326 g/mol. The molecule has 1 unspecified atom stereocenters. The number of aromatic nitrogens is 2. The molecule has 0 spiro atoms. The quantitative estimate of drug-likeness (QED) is 0.778. The molecule has 0 bridgehead atoms. The van der Waals surface area contributed by atoms with E-state index in [1.165, 1.54) is 42.7 Å². The van der Waals surface area contributed by atoms with Gasteiger partial charge in [-0.15, -0.1) is 0 Å². The van der Waals surface area contributed by atoms with E-state index in [-0.39, 0.29) is 0 Å². The molecule has 1 aromatic heterocycles. The van der Waals surface area contributed by atoms with E-state index in [1.54, 1.807) is 0 Å². The smallest absolute Gasteiger partial charge is 0.0690 e. The summed E-state index contributed by atoms with van der Waals surface area (Å²) in [6, 6.07) is 9.37. The second-order valence-corrected chi connectivity index (χ2v) is 6.84. The van der Waals surface area contributed by atoms with Crippen LogP contribution < -0.4 is 0 Å². The first-order valence-electron chi connectivity index (χ1n) is 9.27. The van der Waals surface area contributed by atoms with Gasteiger partial charge in [0.1, 0.15) is 0 Å². The molecule has 1 atom stereocenters. The summed E-state index contributed by atoms with van der Waals surface area (Å²) in [5.74, 6) is 0. The van der Waals surface area contributed by atoms with Crippen LogP contribution in [-0.4, -0.2) is 51.8 Å². The largest absolute Gasteiger partial charge is 0.302 e. The third-order valence-electron chi connectivity index (χ3n) is 5.22. The summed E-state index contributed by atoms with van der Waals surface area (Å²) < 4.78 is 1.99. The standard InChI is InChI=1S/C20H30N4/c1-4-22(5-2)16-19-8-6-12-23(19)15-18-14-17(3)9-10-20(18)24-13-7-11-21-24/h7,9-11,13-14,19H,4-6,8,12,15-16H2,1-3H3. The molecule has 1 fully saturated rings. The van der Waals surface area contributed by atoms with E-state index in [9.17, 15) is 0 Å². The van der Waals surface area contributed by atoms with Gasteiger partial charge in [0.25, 0.3) is 0 Å². The van der Waals surface area contributed by atoms with Crippen molar-refractivity contribution in [2.75, 3.05) is 26.2 Å². The molecular formula is C20H30N4. The molecule has 4 nitrogen and oxygen atoms in total. The molecule has 2 heterocycles. The lowest BCUT2D eigenvalue weighted by Crippen LogP contribution is -2.40. The van der Waals surface area contributed by atoms with Gasteiger partial charge in [0.2, 0.25) is 0 Å². The highest BCUT2D eigenvalue weighted by Gasteiger charge is 2.26. The van der Waals surface area contributed by atoms with Crippen LogP contribution in [0.4, 0.5) is 0 Å². The number of nitrogens with zero attached hydrogens (tertiary/aromatic N) is 4. The molecular weight excluding hydrogens is 296 g/mol. The summed E-state index contributed by atoms with van der Waals surface area (Å²) >= 11 is 0. The molecule has 0 radical (unpaired) electrons. The predicted octanol–water partition coefficient (Wildman–Crippen LogP) is 3.49. The first kappa shape index (κ1) is 17.2. The summed E-state index contributed by atoms with van der Waals surface area (Å²) in [4.78, 5) is 5.22. The molecule has 1 aliphatic heterocycles. The summed E-state index contributed by atoms with van der Waals surface area (Å²) in [6.07, 6.45) is 6.52. The SMILES string of the molecule is CCN(CC)CC1CCCN1Cc1cc(C)ccc1-n1cccn1. The molecule has 1 aliphatic rings. The number of rotatable bonds is 7. The van der Waals surface area contributed by atoms with Gasteiger partial charge in [0, 0.05) is 31.5 Å². The summed E-state index contributed by atoms with van der Waals surface area (Å²) in [6.45, 7) is 12.4. The Morgan fingerprint density at radius 2 is 2.08 bits per heavy atom. The molecule has 130 valence electrons. The fraction of sp³-hybridized carbons (Fsp3) is 0.550. The number of hydrogen-bond donors (Lipinski definition) is 0. The Balaban J connectivity index is 1.78. The van der Waals surface area contributed by atoms with Crippen LogP contribution in [-0.2, 0) is 6.54 Å². The molecule has 3 rings (SSSR count). The lowest BCUT2D eigenvalue weighted by atomic mass is 10.1. The van der Waals surface area contributed by atoms with E-state index in [0.717, 1.165) is 19.6 Å². The van der Waals surface area contributed by atoms with Crippen molar-refractivity contribution >= 4 is 0 Å². The first-order valence-corrected chi connectivity index (χ1v) is 9.27. The third kappa shape index (κ3) is 3.87. The van der Waals surface area contributed by atoms with Gasteiger partial charge in [-0.05, 0) is 57.1 Å². The lowest BCUT2D eigenvalue weighted by Gasteiger charge is -2.30. The molecule has 1 aromatic carbocycles. The van der Waals surface area contributed by atoms with Crippen molar-refractivity contribution in [3.05, 3.63) is 47.8 Å². The fourth-order valence-corrected chi connectivity index (χ4v) is 3.78. The normalized spacial score (nSPS) is 18.6. The number of hydrogen-bond acceptors (Lipinski definition) is 3. The van der Waals surface area contributed by atoms with Gasteiger partial charge in [0.15, 0.2) is 0 Å². The minimum atomic E-state index is 0.677. The molecule has 4 heteroatoms. The number of likely N-dealkylation sites (tertiary alicyclic amines) is 1. The van der Waals surface area contributed by atoms with E-state index in [4.69, 9.17) is 0 Å². The fourth-order valence-electron chi connectivity index (χ4n) is 3.78. The van der Waals surface area contributed by atoms with Gasteiger partial charge in [0.05, 0.1) is 5.69 Å². The van der Waals surface area contributed by atoms with Crippen molar-refractivity contribution in [3.63, 3.8) is 0 Å². The zero-order valence-corrected chi connectivity index (χ0v) is 15.3. The maximum absolute atomic E-state index is 4.44. The van der Waals surface area contributed by atoms with Crippen molar-refractivity contribution in [3.8, 4) is 5.69 Å². The van der Waals surface area contributed by atoms with Crippen LogP contribution in [0.15, 0.2) is 36.7 Å². The molecule has 1 saturated heterocycles. The Morgan fingerprint density at radius 1 is 1.25 bits per heavy atom. The Labute approximate surface area is 146 Å². The molecule has 0 saturated carbocycles. The first-order chi connectivity index (χ1) is 11.7. The van der Waals surface area contributed by atoms with Crippen molar-refractivity contribution in [2.45, 2.75) is 46.2 Å². The van der Waals surface area contributed by atoms with Crippen LogP contribution in [0.1, 0.15) is 37.8 Å². The second kappa shape index (κ2) is 7.95. The third-order valence-corrected chi connectivity index (χ3v) is 5.22. The highest BCUT2D eigenvalue weighted by atomic mass is 15.3. The average molecular weight is 326 g/mol. The van der Waals surface area contributed by atoms with Crippen molar-refractivity contribution in [1.29, 1.82) is 0 Å². The average Bonchev–Trinajstić information content (AvgIpc) is 3.25. The maximum Gasteiger partial charge on any atom is 0.0690 e. The van der Waals surface area contributed by atoms with Crippen LogP contribution in [0, 0.1) is 6.92 Å². The zero-order valence-electron chi connectivity index (χ0n) is 15.3. The van der Waals surface area contributed by atoms with Gasteiger partial charge >= 0.3 is 0 Å². The topological polar surface area (TPSA) is 24.3 Å². The molecule has 2 aromatic rings. The van der Waals surface area contributed by atoms with Crippen molar-refractivity contribution in [1.82, 2.24) is 19.6 Å². The Morgan fingerprint density at radius 3 is 2.79 bits per heavy atom. The molecule has 0 aliphatic carbocycles. The van der Waals surface area contributed by atoms with E-state index < -0.39 is 0 Å². The Kier molecular flexibility index (Phi) is 5.69. The van der Waals surface area contributed by atoms with Crippen LogP contribution in [0.5, 0.6) is 0 Å². The Hall–Kier alpha value is -1.65. The van der Waals surface area contributed by atoms with E-state index in [2.05, 4.69) is 53.9 Å². The van der Waals surface area contributed by atoms with Crippen LogP contribution in [0.25, 0.3) is 5.69 Å². The van der Waals surface area contributed by atoms with Gasteiger partial charge in [-0.2, -0.15) is 5.10 Å². The molecule has 24 heavy (non-hydrogen) atoms. The van der Waals surface area contributed by atoms with Crippen LogP contribution >= 0.6 is 0 Å². The van der Waals surface area contributed by atoms with E-state index in [1.807, 2.05) is 23.1 Å². The number of aryl methyl sites for hydroxylation is 1. The van der Waals surface area contributed by atoms with E-state index >= 15 is 0 Å². The van der Waals surface area contributed by atoms with E-state index in [0.29, 0.717) is 6.04 Å². The van der Waals surface area contributed by atoms with Gasteiger partial charge in [-0.25, -0.2) is 4.68 Å². The highest BCUT2D eigenvalue weighted by molar-refractivity contribution is 5.42. The molecule has 0 N–H and O–H groups in total. The Bertz CT molecular complexity index is 631. The predicted molar refractivity (Wildman–Crippen MR) is 99.5 cm³/mol. The van der Waals surface area contributed by atoms with Crippen LogP contribution in [0.2, 0.25) is 0 Å². The number of benzene rings is 1. The lowest BCUT2D eigenvalue weighted by molar-refractivity contribution is 0.175. The summed E-state index contributed by atoms with van der Waals surface area (Å²) in [7, 11) is 0. The minimum absolute atomic E-state index is 0.677. The maximum atomic E-state index is 4.44. The zero-order chi connectivity index (χ0) is 16.9. The summed E-state index contributed by atoms with van der Waals surface area (Å²) in [5, 5.41) is 4.44. The minimum Gasteiger partial charge on any atom is -0.302 e. The van der Waals surface area contributed by atoms with Crippen LogP contribution in [0.3, 0.4) is 0 Å². The van der Waals surface area contributed by atoms with Crippen molar-refractivity contribution in [2.24, 2.45) is 0 Å². The van der Waals surface area contributed by atoms with Gasteiger partial charge < -0.3 is 4.90 Å². The highest BCUT2D eigenvalue weighted by Crippen LogP contribution is 2.24. The number of likely N-dealkylation sites (N-methyl/N-ethyl adjacent to an activating group) is 1.